The van der Waals surface area contributed by atoms with E-state index in [2.05, 4.69) is 51.2 Å². The molecule has 1 aromatic carbocycles. The number of benzene rings is 1. The highest BCUT2D eigenvalue weighted by Crippen LogP contribution is 2.46. The lowest BCUT2D eigenvalue weighted by Crippen LogP contribution is -2.67. The first-order valence-electron chi connectivity index (χ1n) is 14.5. The van der Waals surface area contributed by atoms with Crippen molar-refractivity contribution >= 4 is 34.2 Å². The van der Waals surface area contributed by atoms with Gasteiger partial charge in [-0.1, -0.05) is 18.2 Å². The van der Waals surface area contributed by atoms with Gasteiger partial charge in [0.15, 0.2) is 5.82 Å². The van der Waals surface area contributed by atoms with Crippen LogP contribution in [0.3, 0.4) is 0 Å². The highest BCUT2D eigenvalue weighted by Gasteiger charge is 2.44. The van der Waals surface area contributed by atoms with Crippen LogP contribution in [0.2, 0.25) is 5.02 Å². The van der Waals surface area contributed by atoms with Crippen LogP contribution in [0.4, 0.5) is 5.82 Å². The molecule has 1 amide bonds. The van der Waals surface area contributed by atoms with Crippen molar-refractivity contribution in [2.24, 2.45) is 0 Å². The van der Waals surface area contributed by atoms with Gasteiger partial charge < -0.3 is 19.3 Å². The van der Waals surface area contributed by atoms with Crippen molar-refractivity contribution in [2.75, 3.05) is 64.6 Å². The summed E-state index contributed by atoms with van der Waals surface area (Å²) in [7, 11) is 1.77. The summed E-state index contributed by atoms with van der Waals surface area (Å²) in [4.78, 5) is 19.1. The average Bonchev–Trinajstić information content (AvgIpc) is 3.52. The maximum atomic E-state index is 12.3. The number of likely N-dealkylation sites (tertiary alicyclic amines) is 1. The third-order valence-electron chi connectivity index (χ3n) is 9.20. The van der Waals surface area contributed by atoms with E-state index in [4.69, 9.17) is 26.2 Å². The molecule has 0 saturated carbocycles. The Balaban J connectivity index is 1.47. The lowest BCUT2D eigenvalue weighted by molar-refractivity contribution is -0.127. The Morgan fingerprint density at radius 1 is 1.22 bits per heavy atom. The Kier molecular flexibility index (Phi) is 7.61. The first-order chi connectivity index (χ1) is 19.8. The van der Waals surface area contributed by atoms with Crippen LogP contribution in [0.15, 0.2) is 24.9 Å². The first-order valence-corrected chi connectivity index (χ1v) is 14.8. The molecular weight excluding hydrogens is 542 g/mol. The number of piperidine rings is 1. The van der Waals surface area contributed by atoms with Gasteiger partial charge in [0.05, 0.1) is 54.2 Å². The number of ether oxygens (including phenoxy) is 2. The number of H-pyrrole nitrogens is 1. The van der Waals surface area contributed by atoms with E-state index in [0.29, 0.717) is 30.8 Å². The molecule has 220 valence electrons. The number of halogens is 1. The number of anilines is 1. The Labute approximate surface area is 246 Å². The molecule has 1 N–H and O–H groups in total. The van der Waals surface area contributed by atoms with Gasteiger partial charge in [-0.05, 0) is 51.3 Å². The number of aromatic nitrogens is 4. The van der Waals surface area contributed by atoms with Crippen molar-refractivity contribution in [1.82, 2.24) is 29.8 Å². The summed E-state index contributed by atoms with van der Waals surface area (Å²) >= 11 is 7.14. The number of amides is 1. The van der Waals surface area contributed by atoms with E-state index in [0.717, 1.165) is 84.8 Å². The molecule has 0 bridgehead atoms. The second kappa shape index (κ2) is 11.1. The summed E-state index contributed by atoms with van der Waals surface area (Å²) in [6, 6.07) is 2.67. The van der Waals surface area contributed by atoms with E-state index in [1.807, 2.05) is 18.0 Å². The number of nitrogens with one attached hydrogen (secondary N) is 1. The van der Waals surface area contributed by atoms with Gasteiger partial charge in [-0.2, -0.15) is 10.2 Å². The van der Waals surface area contributed by atoms with E-state index in [1.54, 1.807) is 7.11 Å². The molecule has 3 aliphatic rings. The molecule has 3 saturated heterocycles. The molecule has 5 heterocycles. The van der Waals surface area contributed by atoms with Crippen molar-refractivity contribution in [2.45, 2.75) is 51.2 Å². The summed E-state index contributed by atoms with van der Waals surface area (Å²) in [6.45, 7) is 16.2. The molecule has 0 spiro atoms. The van der Waals surface area contributed by atoms with Crippen molar-refractivity contribution in [3.8, 4) is 11.1 Å². The average molecular weight is 582 g/mol. The molecule has 6 rings (SSSR count). The van der Waals surface area contributed by atoms with E-state index in [1.165, 1.54) is 6.08 Å². The summed E-state index contributed by atoms with van der Waals surface area (Å²) in [6.07, 6.45) is 4.92. The minimum absolute atomic E-state index is 0.0130. The predicted octanol–water partition coefficient (Wildman–Crippen LogP) is 3.97. The van der Waals surface area contributed by atoms with Crippen molar-refractivity contribution < 1.29 is 14.3 Å². The Morgan fingerprint density at radius 2 is 1.98 bits per heavy atom. The Morgan fingerprint density at radius 3 is 2.63 bits per heavy atom. The van der Waals surface area contributed by atoms with E-state index >= 15 is 0 Å². The van der Waals surface area contributed by atoms with E-state index in [-0.39, 0.29) is 17.5 Å². The normalized spacial score (nSPS) is 22.9. The quantitative estimate of drug-likeness (QED) is 0.422. The number of aryl methyl sites for hydroxylation is 1. The molecule has 2 aromatic heterocycles. The zero-order valence-corrected chi connectivity index (χ0v) is 25.2. The second-order valence-corrected chi connectivity index (χ2v) is 12.3. The maximum Gasteiger partial charge on any atom is 0.245 e. The fourth-order valence-corrected chi connectivity index (χ4v) is 7.14. The van der Waals surface area contributed by atoms with Crippen LogP contribution in [-0.4, -0.2) is 107 Å². The molecule has 0 aliphatic carbocycles. The third kappa shape index (κ3) is 4.84. The van der Waals surface area contributed by atoms with Crippen molar-refractivity contribution in [3.05, 3.63) is 41.2 Å². The number of nitrogens with zero attached hydrogens (tertiary/aromatic N) is 6. The summed E-state index contributed by atoms with van der Waals surface area (Å²) < 4.78 is 13.5. The van der Waals surface area contributed by atoms with Gasteiger partial charge in [0.2, 0.25) is 5.91 Å². The highest BCUT2D eigenvalue weighted by molar-refractivity contribution is 6.36. The number of hydrogen-bond acceptors (Lipinski definition) is 7. The minimum Gasteiger partial charge on any atom is -0.382 e. The number of hydrogen-bond donors (Lipinski definition) is 1. The van der Waals surface area contributed by atoms with Gasteiger partial charge in [0, 0.05) is 62.0 Å². The first kappa shape index (κ1) is 28.2. The molecular formula is C30H40ClN7O3. The lowest BCUT2D eigenvalue weighted by Gasteiger charge is -2.52. The van der Waals surface area contributed by atoms with Crippen molar-refractivity contribution in [1.29, 1.82) is 0 Å². The zero-order chi connectivity index (χ0) is 28.9. The fraction of sp³-hybridized carbons (Fsp3) is 0.567. The van der Waals surface area contributed by atoms with Gasteiger partial charge in [-0.3, -0.25) is 19.5 Å². The van der Waals surface area contributed by atoms with E-state index in [9.17, 15) is 4.79 Å². The maximum absolute atomic E-state index is 12.3. The second-order valence-electron chi connectivity index (χ2n) is 11.9. The molecule has 0 unspecified atom stereocenters. The molecule has 41 heavy (non-hydrogen) atoms. The molecule has 3 aliphatic heterocycles. The number of aromatic amines is 1. The topological polar surface area (TPSA) is 91.8 Å². The van der Waals surface area contributed by atoms with Gasteiger partial charge in [-0.15, -0.1) is 0 Å². The molecule has 3 fully saturated rings. The van der Waals surface area contributed by atoms with Crippen LogP contribution in [0.25, 0.3) is 22.0 Å². The number of methoxy groups -OCH3 is 1. The van der Waals surface area contributed by atoms with Crippen LogP contribution in [-0.2, 0) is 14.3 Å². The largest absolute Gasteiger partial charge is 0.382 e. The number of fused-ring (bicyclic) bond motifs is 1. The van der Waals surface area contributed by atoms with Crippen LogP contribution >= 0.6 is 11.6 Å². The molecule has 3 aromatic rings. The standard InChI is InChI=1S/C30H40ClN7O3/c1-6-25(39)35-9-7-21(8-10-35)38-20(3)26(27-23-14-32-33-24(23)13-19(2)28(27)31)29(34-38)37-12-11-36(22-15-41-16-22)17-30(37,4)18-40-5/h6,13-14,21-22H,1,7-12,15-18H2,2-5H3,(H,32,33)/t30-/m1/s1. The minimum atomic E-state index is -0.311. The summed E-state index contributed by atoms with van der Waals surface area (Å²) in [5.74, 6) is 0.909. The van der Waals surface area contributed by atoms with Crippen LogP contribution in [0.1, 0.15) is 37.1 Å². The number of carbonyl (C=O) groups excluding carboxylic acids is 1. The van der Waals surface area contributed by atoms with Gasteiger partial charge in [-0.25, -0.2) is 0 Å². The number of rotatable bonds is 7. The zero-order valence-electron chi connectivity index (χ0n) is 24.5. The molecule has 10 nitrogen and oxygen atoms in total. The van der Waals surface area contributed by atoms with Crippen molar-refractivity contribution in [3.63, 3.8) is 0 Å². The van der Waals surface area contributed by atoms with Gasteiger partial charge >= 0.3 is 0 Å². The highest BCUT2D eigenvalue weighted by atomic mass is 35.5. The monoisotopic (exact) mass is 581 g/mol. The number of carbonyl (C=O) groups is 1. The van der Waals surface area contributed by atoms with Gasteiger partial charge in [0.25, 0.3) is 0 Å². The predicted molar refractivity (Wildman–Crippen MR) is 161 cm³/mol. The third-order valence-corrected chi connectivity index (χ3v) is 9.68. The van der Waals surface area contributed by atoms with E-state index < -0.39 is 0 Å². The fourth-order valence-electron chi connectivity index (χ4n) is 6.89. The lowest BCUT2D eigenvalue weighted by atomic mass is 9.93. The van der Waals surface area contributed by atoms with Crippen LogP contribution < -0.4 is 4.90 Å². The smallest absolute Gasteiger partial charge is 0.245 e. The number of piperazine rings is 1. The summed E-state index contributed by atoms with van der Waals surface area (Å²) in [5, 5.41) is 14.6. The summed E-state index contributed by atoms with van der Waals surface area (Å²) in [5.41, 5.74) is 4.70. The molecule has 1 atom stereocenters. The molecule has 0 radical (unpaired) electrons. The Hall–Kier alpha value is -2.92. The van der Waals surface area contributed by atoms with Crippen LogP contribution in [0.5, 0.6) is 0 Å². The molecule has 11 heteroatoms. The SMILES string of the molecule is C=CC(=O)N1CCC(n2nc(N3CCN(C4COC4)C[C@]3(C)COC)c(-c3c(Cl)c(C)cc4[nH]ncc34)c2C)CC1. The Bertz CT molecular complexity index is 1460. The van der Waals surface area contributed by atoms with Crippen LogP contribution in [0, 0.1) is 13.8 Å². The van der Waals surface area contributed by atoms with Gasteiger partial charge in [0.1, 0.15) is 0 Å².